The third kappa shape index (κ3) is 1.26. The van der Waals surface area contributed by atoms with Gasteiger partial charge in [-0.3, -0.25) is 4.79 Å². The molecule has 2 atom stereocenters. The fraction of sp³-hybridized carbons (Fsp3) is 0.875. The van der Waals surface area contributed by atoms with E-state index >= 15 is 0 Å². The molecule has 0 saturated carbocycles. The fourth-order valence-electron chi connectivity index (χ4n) is 1.84. The van der Waals surface area contributed by atoms with Crippen LogP contribution in [-0.2, 0) is 4.79 Å². The standard InChI is InChI=1S/C8H15N3OS/c1-6-8(12)11-5-13-4-7(11)10(3)9(6)2/h6-7H,4-5H2,1-3H3/t6-,7+/m1/s1. The molecule has 4 nitrogen and oxygen atoms in total. The van der Waals surface area contributed by atoms with E-state index in [0.717, 1.165) is 11.6 Å². The molecule has 2 heterocycles. The van der Waals surface area contributed by atoms with Gasteiger partial charge < -0.3 is 4.90 Å². The van der Waals surface area contributed by atoms with E-state index < -0.39 is 0 Å². The number of hydrogen-bond acceptors (Lipinski definition) is 4. The highest BCUT2D eigenvalue weighted by molar-refractivity contribution is 7.99. The van der Waals surface area contributed by atoms with E-state index in [1.807, 2.05) is 42.7 Å². The maximum absolute atomic E-state index is 11.8. The number of carbonyl (C=O) groups is 1. The van der Waals surface area contributed by atoms with E-state index in [1.54, 1.807) is 0 Å². The number of hydrogen-bond donors (Lipinski definition) is 0. The van der Waals surface area contributed by atoms with Crippen molar-refractivity contribution < 1.29 is 4.79 Å². The topological polar surface area (TPSA) is 26.8 Å². The summed E-state index contributed by atoms with van der Waals surface area (Å²) in [6.45, 7) is 1.96. The minimum Gasteiger partial charge on any atom is -0.314 e. The highest BCUT2D eigenvalue weighted by atomic mass is 32.2. The molecule has 0 N–H and O–H groups in total. The number of fused-ring (bicyclic) bond motifs is 1. The molecule has 2 rings (SSSR count). The zero-order valence-corrected chi connectivity index (χ0v) is 9.04. The van der Waals surface area contributed by atoms with Gasteiger partial charge in [0.25, 0.3) is 0 Å². The lowest BCUT2D eigenvalue weighted by atomic mass is 10.2. The highest BCUT2D eigenvalue weighted by Gasteiger charge is 2.42. The molecule has 0 bridgehead atoms. The number of amides is 1. The molecule has 74 valence electrons. The molecule has 0 aromatic carbocycles. The second-order valence-electron chi connectivity index (χ2n) is 3.61. The minimum absolute atomic E-state index is 0.0139. The Morgan fingerprint density at radius 2 is 2.08 bits per heavy atom. The van der Waals surface area contributed by atoms with Crippen molar-refractivity contribution in [2.45, 2.75) is 19.1 Å². The molecule has 2 aliphatic rings. The lowest BCUT2D eigenvalue weighted by Gasteiger charge is -2.46. The Kier molecular flexibility index (Phi) is 2.25. The number of thioether (sulfide) groups is 1. The molecule has 5 heteroatoms. The van der Waals surface area contributed by atoms with E-state index in [0.29, 0.717) is 0 Å². The monoisotopic (exact) mass is 201 g/mol. The zero-order valence-electron chi connectivity index (χ0n) is 8.23. The van der Waals surface area contributed by atoms with E-state index in [1.165, 1.54) is 0 Å². The first-order valence-corrected chi connectivity index (χ1v) is 5.62. The third-order valence-electron chi connectivity index (χ3n) is 2.99. The van der Waals surface area contributed by atoms with Crippen molar-refractivity contribution in [2.24, 2.45) is 0 Å². The SMILES string of the molecule is C[C@@H]1C(=O)N2CSC[C@H]2N(C)N1C. The van der Waals surface area contributed by atoms with Gasteiger partial charge in [0.2, 0.25) is 5.91 Å². The summed E-state index contributed by atoms with van der Waals surface area (Å²) in [6, 6.07) is -0.0139. The van der Waals surface area contributed by atoms with Crippen LogP contribution in [0.15, 0.2) is 0 Å². The Hall–Kier alpha value is -0.260. The van der Waals surface area contributed by atoms with Gasteiger partial charge in [-0.15, -0.1) is 11.8 Å². The van der Waals surface area contributed by atoms with Crippen molar-refractivity contribution >= 4 is 17.7 Å². The van der Waals surface area contributed by atoms with Gasteiger partial charge in [0.1, 0.15) is 12.2 Å². The molecule has 2 aliphatic heterocycles. The Bertz CT molecular complexity index is 235. The number of likely N-dealkylation sites (N-methyl/N-ethyl adjacent to an activating group) is 1. The van der Waals surface area contributed by atoms with Crippen LogP contribution in [0.5, 0.6) is 0 Å². The lowest BCUT2D eigenvalue weighted by Crippen LogP contribution is -2.64. The number of rotatable bonds is 0. The zero-order chi connectivity index (χ0) is 9.59. The lowest BCUT2D eigenvalue weighted by molar-refractivity contribution is -0.173. The summed E-state index contributed by atoms with van der Waals surface area (Å²) in [4.78, 5) is 13.8. The quantitative estimate of drug-likeness (QED) is 0.552. The summed E-state index contributed by atoms with van der Waals surface area (Å²) < 4.78 is 0. The average Bonchev–Trinajstić information content (AvgIpc) is 2.59. The van der Waals surface area contributed by atoms with Crippen LogP contribution >= 0.6 is 11.8 Å². The highest BCUT2D eigenvalue weighted by Crippen LogP contribution is 2.28. The molecule has 0 radical (unpaired) electrons. The normalized spacial score (nSPS) is 36.8. The number of carbonyl (C=O) groups excluding carboxylic acids is 1. The van der Waals surface area contributed by atoms with Gasteiger partial charge >= 0.3 is 0 Å². The van der Waals surface area contributed by atoms with E-state index in [-0.39, 0.29) is 18.1 Å². The van der Waals surface area contributed by atoms with E-state index in [4.69, 9.17) is 0 Å². The van der Waals surface area contributed by atoms with Crippen molar-refractivity contribution in [1.29, 1.82) is 0 Å². The molecule has 0 unspecified atom stereocenters. The smallest absolute Gasteiger partial charge is 0.243 e. The van der Waals surface area contributed by atoms with Crippen LogP contribution in [0.1, 0.15) is 6.92 Å². The van der Waals surface area contributed by atoms with Crippen molar-refractivity contribution in [1.82, 2.24) is 14.9 Å². The van der Waals surface area contributed by atoms with Crippen LogP contribution in [0.25, 0.3) is 0 Å². The number of nitrogens with zero attached hydrogens (tertiary/aromatic N) is 3. The summed E-state index contributed by atoms with van der Waals surface area (Å²) in [6.07, 6.45) is 0.277. The van der Waals surface area contributed by atoms with Gasteiger partial charge in [-0.2, -0.15) is 0 Å². The molecule has 0 aromatic rings. The summed E-state index contributed by atoms with van der Waals surface area (Å²) in [7, 11) is 4.02. The molecule has 13 heavy (non-hydrogen) atoms. The van der Waals surface area contributed by atoms with Gasteiger partial charge in [-0.05, 0) is 6.92 Å². The minimum atomic E-state index is -0.0139. The molecule has 0 aromatic heterocycles. The van der Waals surface area contributed by atoms with Crippen LogP contribution in [0.4, 0.5) is 0 Å². The van der Waals surface area contributed by atoms with Crippen molar-refractivity contribution in [2.75, 3.05) is 25.7 Å². The summed E-state index contributed by atoms with van der Waals surface area (Å²) >= 11 is 1.83. The van der Waals surface area contributed by atoms with E-state index in [2.05, 4.69) is 5.01 Å². The Morgan fingerprint density at radius 1 is 1.38 bits per heavy atom. The van der Waals surface area contributed by atoms with Crippen LogP contribution in [0, 0.1) is 0 Å². The van der Waals surface area contributed by atoms with Crippen LogP contribution in [0.3, 0.4) is 0 Å². The van der Waals surface area contributed by atoms with Gasteiger partial charge in [-0.1, -0.05) is 0 Å². The summed E-state index contributed by atoms with van der Waals surface area (Å²) in [5.74, 6) is 2.14. The molecule has 2 saturated heterocycles. The van der Waals surface area contributed by atoms with Crippen molar-refractivity contribution in [3.8, 4) is 0 Å². The predicted molar refractivity (Wildman–Crippen MR) is 52.9 cm³/mol. The molecule has 2 fully saturated rings. The van der Waals surface area contributed by atoms with Gasteiger partial charge in [0, 0.05) is 19.8 Å². The number of hydrazine groups is 1. The van der Waals surface area contributed by atoms with Crippen molar-refractivity contribution in [3.05, 3.63) is 0 Å². The second-order valence-corrected chi connectivity index (χ2v) is 4.61. The second kappa shape index (κ2) is 3.15. The molecule has 0 aliphatic carbocycles. The van der Waals surface area contributed by atoms with Gasteiger partial charge in [-0.25, -0.2) is 10.0 Å². The van der Waals surface area contributed by atoms with Gasteiger partial charge in [0.05, 0.1) is 5.88 Å². The predicted octanol–water partition coefficient (Wildman–Crippen LogP) is 0.0261. The molecule has 1 amide bonds. The van der Waals surface area contributed by atoms with Gasteiger partial charge in [0.15, 0.2) is 0 Å². The first-order valence-electron chi connectivity index (χ1n) is 4.46. The maximum Gasteiger partial charge on any atom is 0.243 e. The largest absolute Gasteiger partial charge is 0.314 e. The first kappa shape index (κ1) is 9.30. The Morgan fingerprint density at radius 3 is 2.77 bits per heavy atom. The molecular weight excluding hydrogens is 186 g/mol. The average molecular weight is 201 g/mol. The molecule has 0 spiro atoms. The summed E-state index contributed by atoms with van der Waals surface area (Å²) in [5, 5.41) is 4.18. The van der Waals surface area contributed by atoms with Crippen molar-refractivity contribution in [3.63, 3.8) is 0 Å². The third-order valence-corrected chi connectivity index (χ3v) is 3.98. The fourth-order valence-corrected chi connectivity index (χ4v) is 3.04. The van der Waals surface area contributed by atoms with E-state index in [9.17, 15) is 4.79 Å². The summed E-state index contributed by atoms with van der Waals surface area (Å²) in [5.41, 5.74) is 0. The first-order chi connectivity index (χ1) is 6.13. The maximum atomic E-state index is 11.8. The Balaban J connectivity index is 2.24. The molecular formula is C8H15N3OS. The van der Waals surface area contributed by atoms with Crippen LogP contribution in [-0.4, -0.2) is 58.8 Å². The van der Waals surface area contributed by atoms with Crippen LogP contribution < -0.4 is 0 Å². The Labute approximate surface area is 82.8 Å². The van der Waals surface area contributed by atoms with Crippen LogP contribution in [0.2, 0.25) is 0 Å².